The minimum atomic E-state index is -4.52. The Balaban J connectivity index is 2.05. The molecule has 3 rings (SSSR count). The van der Waals surface area contributed by atoms with Crippen LogP contribution in [0.4, 0.5) is 13.2 Å². The van der Waals surface area contributed by atoms with Gasteiger partial charge in [-0.25, -0.2) is 9.24 Å². The summed E-state index contributed by atoms with van der Waals surface area (Å²) in [6.07, 6.45) is -3.80. The van der Waals surface area contributed by atoms with Crippen LogP contribution in [0.25, 0.3) is 21.5 Å². The summed E-state index contributed by atoms with van der Waals surface area (Å²) in [6, 6.07) is 8.12. The lowest BCUT2D eigenvalue weighted by Gasteiger charge is -2.30. The Morgan fingerprint density at radius 3 is 2.27 bits per heavy atom. The van der Waals surface area contributed by atoms with E-state index in [0.717, 1.165) is 25.0 Å². The summed E-state index contributed by atoms with van der Waals surface area (Å²) in [6.45, 7) is 6.54. The number of halogens is 5. The second-order valence-corrected chi connectivity index (χ2v) is 11.5. The van der Waals surface area contributed by atoms with Crippen LogP contribution in [0, 0.1) is 0 Å². The lowest BCUT2D eigenvalue weighted by molar-refractivity contribution is -0.137. The standard InChI is InChI=1S/C26H31Cl2F3NO4P/c1-4-7-11-32(37(34,35-5-2)36-6-3)12-10-24(33)22-13-17-8-9-18(26(29,30)31)14-20(17)21-15-19(27)16-23(28)25(21)22/h8-9,13-16,24,33H,4-7,10-12H2,1-3H3. The highest BCUT2D eigenvalue weighted by atomic mass is 35.5. The number of fused-ring (bicyclic) bond motifs is 3. The van der Waals surface area contributed by atoms with Crippen LogP contribution >= 0.6 is 30.9 Å². The van der Waals surface area contributed by atoms with Crippen molar-refractivity contribution in [2.24, 2.45) is 0 Å². The van der Waals surface area contributed by atoms with Gasteiger partial charge in [-0.3, -0.25) is 9.05 Å². The number of alkyl halides is 3. The maximum atomic E-state index is 13.4. The van der Waals surface area contributed by atoms with Crippen molar-refractivity contribution in [2.45, 2.75) is 52.3 Å². The van der Waals surface area contributed by atoms with Crippen LogP contribution in [-0.4, -0.2) is 36.1 Å². The molecule has 0 fully saturated rings. The molecule has 1 atom stereocenters. The van der Waals surface area contributed by atoms with E-state index in [1.807, 2.05) is 6.92 Å². The second kappa shape index (κ2) is 12.6. The molecule has 0 spiro atoms. The van der Waals surface area contributed by atoms with E-state index in [-0.39, 0.29) is 36.2 Å². The van der Waals surface area contributed by atoms with Crippen molar-refractivity contribution >= 4 is 52.5 Å². The third-order valence-corrected chi connectivity index (χ3v) is 8.82. The van der Waals surface area contributed by atoms with Crippen molar-refractivity contribution in [2.75, 3.05) is 26.3 Å². The van der Waals surface area contributed by atoms with E-state index in [2.05, 4.69) is 0 Å². The summed E-state index contributed by atoms with van der Waals surface area (Å²) in [5.41, 5.74) is -0.345. The fraction of sp³-hybridized carbons (Fsp3) is 0.462. The topological polar surface area (TPSA) is 59.0 Å². The van der Waals surface area contributed by atoms with Gasteiger partial charge in [-0.2, -0.15) is 13.2 Å². The van der Waals surface area contributed by atoms with E-state index >= 15 is 0 Å². The molecule has 5 nitrogen and oxygen atoms in total. The molecule has 0 aliphatic carbocycles. The molecule has 11 heteroatoms. The van der Waals surface area contributed by atoms with Crippen LogP contribution in [0.15, 0.2) is 36.4 Å². The van der Waals surface area contributed by atoms with Crippen molar-refractivity contribution in [1.82, 2.24) is 4.67 Å². The first-order chi connectivity index (χ1) is 17.4. The van der Waals surface area contributed by atoms with E-state index in [1.54, 1.807) is 30.7 Å². The summed E-state index contributed by atoms with van der Waals surface area (Å²) < 4.78 is 66.3. The Bertz CT molecular complexity index is 1280. The van der Waals surface area contributed by atoms with Crippen molar-refractivity contribution < 1.29 is 31.9 Å². The summed E-state index contributed by atoms with van der Waals surface area (Å²) in [5, 5.41) is 13.4. The SMILES string of the molecule is CCCCN(CCC(O)c1cc2ccc(C(F)(F)F)cc2c2cc(Cl)cc(Cl)c12)P(=O)(OCC)OCC. The molecule has 0 amide bonds. The first-order valence-corrected chi connectivity index (χ1v) is 14.5. The minimum absolute atomic E-state index is 0.161. The van der Waals surface area contributed by atoms with Crippen LogP contribution in [0.5, 0.6) is 0 Å². The first kappa shape index (κ1) is 30.2. The maximum Gasteiger partial charge on any atom is 0.416 e. The number of rotatable bonds is 12. The smallest absolute Gasteiger partial charge is 0.388 e. The predicted octanol–water partition coefficient (Wildman–Crippen LogP) is 9.03. The van der Waals surface area contributed by atoms with E-state index in [0.29, 0.717) is 33.7 Å². The summed E-state index contributed by atoms with van der Waals surface area (Å²) in [5.74, 6) is 0. The fourth-order valence-corrected chi connectivity index (χ4v) is 6.73. The van der Waals surface area contributed by atoms with Gasteiger partial charge in [0.25, 0.3) is 0 Å². The number of aliphatic hydroxyl groups is 1. The highest BCUT2D eigenvalue weighted by Gasteiger charge is 2.33. The molecule has 0 aliphatic heterocycles. The number of hydrogen-bond acceptors (Lipinski definition) is 4. The van der Waals surface area contributed by atoms with Crippen molar-refractivity contribution in [3.05, 3.63) is 57.6 Å². The average molecular weight is 580 g/mol. The zero-order chi connectivity index (χ0) is 27.4. The van der Waals surface area contributed by atoms with E-state index in [1.165, 1.54) is 12.1 Å². The van der Waals surface area contributed by atoms with Gasteiger partial charge >= 0.3 is 13.9 Å². The number of benzene rings is 3. The van der Waals surface area contributed by atoms with Gasteiger partial charge in [0.15, 0.2) is 0 Å². The average Bonchev–Trinajstić information content (AvgIpc) is 2.82. The monoisotopic (exact) mass is 579 g/mol. The number of unbranched alkanes of at least 4 members (excludes halogenated alkanes) is 1. The molecule has 204 valence electrons. The molecule has 0 saturated carbocycles. The third-order valence-electron chi connectivity index (χ3n) is 6.05. The molecule has 0 saturated heterocycles. The maximum absolute atomic E-state index is 13.4. The molecular formula is C26H31Cl2F3NO4P. The van der Waals surface area contributed by atoms with Gasteiger partial charge in [0.1, 0.15) is 0 Å². The van der Waals surface area contributed by atoms with Crippen LogP contribution in [0.1, 0.15) is 57.3 Å². The van der Waals surface area contributed by atoms with E-state index < -0.39 is 25.6 Å². The van der Waals surface area contributed by atoms with Gasteiger partial charge < -0.3 is 5.11 Å². The summed E-state index contributed by atoms with van der Waals surface area (Å²) in [4.78, 5) is 0. The Labute approximate surface area is 225 Å². The van der Waals surface area contributed by atoms with E-state index in [4.69, 9.17) is 32.2 Å². The molecule has 37 heavy (non-hydrogen) atoms. The quantitative estimate of drug-likeness (QED) is 0.171. The normalized spacial score (nSPS) is 13.7. The number of aliphatic hydroxyl groups excluding tert-OH is 1. The molecule has 3 aromatic carbocycles. The van der Waals surface area contributed by atoms with Crippen molar-refractivity contribution in [3.63, 3.8) is 0 Å². The Morgan fingerprint density at radius 1 is 1.00 bits per heavy atom. The van der Waals surface area contributed by atoms with Gasteiger partial charge in [0, 0.05) is 23.5 Å². The number of nitrogens with zero attached hydrogens (tertiary/aromatic N) is 1. The third kappa shape index (κ3) is 6.99. The molecule has 0 aromatic heterocycles. The van der Waals surface area contributed by atoms with Gasteiger partial charge in [-0.1, -0.05) is 42.6 Å². The Kier molecular flexibility index (Phi) is 10.3. The van der Waals surface area contributed by atoms with Gasteiger partial charge in [0.2, 0.25) is 0 Å². The number of hydrogen-bond donors (Lipinski definition) is 1. The lowest BCUT2D eigenvalue weighted by atomic mass is 9.92. The van der Waals surface area contributed by atoms with Crippen LogP contribution in [-0.2, 0) is 19.8 Å². The zero-order valence-electron chi connectivity index (χ0n) is 20.9. The fourth-order valence-electron chi connectivity index (χ4n) is 4.32. The molecule has 0 radical (unpaired) electrons. The highest BCUT2D eigenvalue weighted by Crippen LogP contribution is 2.52. The van der Waals surface area contributed by atoms with Gasteiger partial charge in [-0.15, -0.1) is 0 Å². The van der Waals surface area contributed by atoms with Crippen LogP contribution in [0.2, 0.25) is 10.0 Å². The molecule has 0 heterocycles. The molecular weight excluding hydrogens is 549 g/mol. The van der Waals surface area contributed by atoms with E-state index in [9.17, 15) is 22.8 Å². The largest absolute Gasteiger partial charge is 0.416 e. The van der Waals surface area contributed by atoms with Gasteiger partial charge in [-0.05, 0) is 78.7 Å². The molecule has 3 aromatic rings. The van der Waals surface area contributed by atoms with Gasteiger partial charge in [0.05, 0.1) is 29.9 Å². The first-order valence-electron chi connectivity index (χ1n) is 12.2. The zero-order valence-corrected chi connectivity index (χ0v) is 23.4. The van der Waals surface area contributed by atoms with Crippen molar-refractivity contribution in [1.29, 1.82) is 0 Å². The second-order valence-electron chi connectivity index (χ2n) is 8.63. The molecule has 0 bridgehead atoms. The predicted molar refractivity (Wildman–Crippen MR) is 143 cm³/mol. The Hall–Kier alpha value is -1.38. The van der Waals surface area contributed by atoms with Crippen LogP contribution in [0.3, 0.4) is 0 Å². The summed E-state index contributed by atoms with van der Waals surface area (Å²) >= 11 is 12.7. The molecule has 1 unspecified atom stereocenters. The Morgan fingerprint density at radius 2 is 1.68 bits per heavy atom. The lowest BCUT2D eigenvalue weighted by Crippen LogP contribution is -2.27. The highest BCUT2D eigenvalue weighted by molar-refractivity contribution is 7.51. The van der Waals surface area contributed by atoms with Crippen molar-refractivity contribution in [3.8, 4) is 0 Å². The molecule has 0 aliphatic rings. The minimum Gasteiger partial charge on any atom is -0.388 e. The molecule has 1 N–H and O–H groups in total. The summed E-state index contributed by atoms with van der Waals surface area (Å²) in [7, 11) is -3.56. The van der Waals surface area contributed by atoms with Crippen LogP contribution < -0.4 is 0 Å².